The summed E-state index contributed by atoms with van der Waals surface area (Å²) in [6.07, 6.45) is 1.49. The van der Waals surface area contributed by atoms with E-state index in [2.05, 4.69) is 5.32 Å². The SMILES string of the molecule is O=C(COc1ccccc1OCc1ccccc1)NC(C(=O)O)C1CCCOC1. The Morgan fingerprint density at radius 2 is 1.76 bits per heavy atom. The van der Waals surface area contributed by atoms with Gasteiger partial charge in [0.05, 0.1) is 6.61 Å². The molecule has 1 heterocycles. The van der Waals surface area contributed by atoms with Crippen LogP contribution in [0.3, 0.4) is 0 Å². The highest BCUT2D eigenvalue weighted by atomic mass is 16.5. The van der Waals surface area contributed by atoms with Gasteiger partial charge in [0.2, 0.25) is 0 Å². The summed E-state index contributed by atoms with van der Waals surface area (Å²) >= 11 is 0. The Labute approximate surface area is 169 Å². The van der Waals surface area contributed by atoms with Crippen molar-refractivity contribution in [3.05, 3.63) is 60.2 Å². The van der Waals surface area contributed by atoms with Crippen LogP contribution < -0.4 is 14.8 Å². The minimum atomic E-state index is -1.07. The Kier molecular flexibility index (Phi) is 7.47. The zero-order chi connectivity index (χ0) is 20.5. The average molecular weight is 399 g/mol. The van der Waals surface area contributed by atoms with Gasteiger partial charge in [-0.3, -0.25) is 4.79 Å². The number of carboxylic acid groups (broad SMARTS) is 1. The minimum absolute atomic E-state index is 0.244. The zero-order valence-corrected chi connectivity index (χ0v) is 16.1. The Morgan fingerprint density at radius 3 is 2.41 bits per heavy atom. The highest BCUT2D eigenvalue weighted by Gasteiger charge is 2.31. The lowest BCUT2D eigenvalue weighted by Crippen LogP contribution is -2.49. The molecule has 0 radical (unpaired) electrons. The van der Waals surface area contributed by atoms with Gasteiger partial charge in [0.15, 0.2) is 18.1 Å². The third-order valence-electron chi connectivity index (χ3n) is 4.69. The van der Waals surface area contributed by atoms with Gasteiger partial charge >= 0.3 is 5.97 Å². The number of para-hydroxylation sites is 2. The molecule has 3 rings (SSSR count). The summed E-state index contributed by atoms with van der Waals surface area (Å²) in [7, 11) is 0. The number of hydrogen-bond acceptors (Lipinski definition) is 5. The van der Waals surface area contributed by atoms with E-state index >= 15 is 0 Å². The number of aliphatic carboxylic acids is 1. The number of carbonyl (C=O) groups is 2. The van der Waals surface area contributed by atoms with E-state index in [1.54, 1.807) is 18.2 Å². The van der Waals surface area contributed by atoms with E-state index in [4.69, 9.17) is 14.2 Å². The molecule has 2 N–H and O–H groups in total. The second kappa shape index (κ2) is 10.5. The molecule has 0 aromatic heterocycles. The van der Waals surface area contributed by atoms with Crippen molar-refractivity contribution in [1.82, 2.24) is 5.32 Å². The second-order valence-corrected chi connectivity index (χ2v) is 6.87. The fraction of sp³-hybridized carbons (Fsp3) is 0.364. The molecule has 2 aromatic carbocycles. The van der Waals surface area contributed by atoms with Gasteiger partial charge in [0, 0.05) is 12.5 Å². The van der Waals surface area contributed by atoms with E-state index in [1.165, 1.54) is 0 Å². The molecule has 1 saturated heterocycles. The number of carboxylic acids is 1. The standard InChI is InChI=1S/C22H25NO6/c24-20(23-21(22(25)26)17-9-6-12-27-14-17)15-29-19-11-5-4-10-18(19)28-13-16-7-2-1-3-8-16/h1-5,7-8,10-11,17,21H,6,9,12-15H2,(H,23,24)(H,25,26). The molecule has 2 atom stereocenters. The van der Waals surface area contributed by atoms with Crippen LogP contribution in [0.25, 0.3) is 0 Å². The molecule has 154 valence electrons. The molecule has 7 nitrogen and oxygen atoms in total. The Bertz CT molecular complexity index is 804. The van der Waals surface area contributed by atoms with Crippen LogP contribution in [0.4, 0.5) is 0 Å². The van der Waals surface area contributed by atoms with Crippen LogP contribution in [-0.2, 0) is 20.9 Å². The van der Waals surface area contributed by atoms with E-state index < -0.39 is 17.9 Å². The summed E-state index contributed by atoms with van der Waals surface area (Å²) in [5.74, 6) is -0.876. The first-order valence-electron chi connectivity index (χ1n) is 9.62. The molecule has 1 aliphatic heterocycles. The summed E-state index contributed by atoms with van der Waals surface area (Å²) < 4.78 is 16.7. The van der Waals surface area contributed by atoms with Crippen LogP contribution in [0.2, 0.25) is 0 Å². The third-order valence-corrected chi connectivity index (χ3v) is 4.69. The van der Waals surface area contributed by atoms with Crippen LogP contribution in [0.5, 0.6) is 11.5 Å². The first-order chi connectivity index (χ1) is 14.1. The molecule has 1 fully saturated rings. The zero-order valence-electron chi connectivity index (χ0n) is 16.1. The lowest BCUT2D eigenvalue weighted by molar-refractivity contribution is -0.145. The van der Waals surface area contributed by atoms with Gasteiger partial charge in [-0.1, -0.05) is 42.5 Å². The topological polar surface area (TPSA) is 94.1 Å². The van der Waals surface area contributed by atoms with Gasteiger partial charge in [0.25, 0.3) is 5.91 Å². The van der Waals surface area contributed by atoms with Crippen molar-refractivity contribution in [3.8, 4) is 11.5 Å². The largest absolute Gasteiger partial charge is 0.485 e. The average Bonchev–Trinajstić information content (AvgIpc) is 2.76. The lowest BCUT2D eigenvalue weighted by Gasteiger charge is -2.28. The fourth-order valence-electron chi connectivity index (χ4n) is 3.19. The number of carbonyl (C=O) groups excluding carboxylic acids is 1. The molecule has 0 saturated carbocycles. The van der Waals surface area contributed by atoms with E-state index in [9.17, 15) is 14.7 Å². The molecule has 1 aliphatic rings. The lowest BCUT2D eigenvalue weighted by atomic mass is 9.93. The third kappa shape index (κ3) is 6.22. The molecule has 2 aromatic rings. The molecule has 0 spiro atoms. The summed E-state index contributed by atoms with van der Waals surface area (Å²) in [6.45, 7) is 1.02. The smallest absolute Gasteiger partial charge is 0.326 e. The Morgan fingerprint density at radius 1 is 1.07 bits per heavy atom. The molecule has 0 aliphatic carbocycles. The first-order valence-corrected chi connectivity index (χ1v) is 9.62. The van der Waals surface area contributed by atoms with E-state index in [-0.39, 0.29) is 12.5 Å². The van der Waals surface area contributed by atoms with Gasteiger partial charge in [-0.05, 0) is 30.5 Å². The minimum Gasteiger partial charge on any atom is -0.485 e. The number of benzene rings is 2. The molecular weight excluding hydrogens is 374 g/mol. The van der Waals surface area contributed by atoms with Gasteiger partial charge < -0.3 is 24.6 Å². The van der Waals surface area contributed by atoms with Crippen LogP contribution >= 0.6 is 0 Å². The maximum atomic E-state index is 12.3. The second-order valence-electron chi connectivity index (χ2n) is 6.87. The van der Waals surface area contributed by atoms with Crippen molar-refractivity contribution < 1.29 is 28.9 Å². The predicted octanol–water partition coefficient (Wildman–Crippen LogP) is 2.64. The molecule has 0 bridgehead atoms. The van der Waals surface area contributed by atoms with Gasteiger partial charge in [-0.15, -0.1) is 0 Å². The van der Waals surface area contributed by atoms with Gasteiger partial charge in [-0.2, -0.15) is 0 Å². The quantitative estimate of drug-likeness (QED) is 0.673. The summed E-state index contributed by atoms with van der Waals surface area (Å²) in [5.41, 5.74) is 1.01. The number of rotatable bonds is 9. The molecule has 7 heteroatoms. The van der Waals surface area contributed by atoms with Crippen LogP contribution in [0.15, 0.2) is 54.6 Å². The van der Waals surface area contributed by atoms with Crippen molar-refractivity contribution in [2.45, 2.75) is 25.5 Å². The fourth-order valence-corrected chi connectivity index (χ4v) is 3.19. The van der Waals surface area contributed by atoms with E-state index in [0.717, 1.165) is 12.0 Å². The highest BCUT2D eigenvalue weighted by molar-refractivity contribution is 5.84. The number of nitrogens with one attached hydrogen (secondary N) is 1. The van der Waals surface area contributed by atoms with Crippen LogP contribution in [0.1, 0.15) is 18.4 Å². The number of hydrogen-bond donors (Lipinski definition) is 2. The maximum absolute atomic E-state index is 12.3. The molecular formula is C22H25NO6. The predicted molar refractivity (Wildman–Crippen MR) is 106 cm³/mol. The molecule has 2 unspecified atom stereocenters. The van der Waals surface area contributed by atoms with E-state index in [1.807, 2.05) is 36.4 Å². The van der Waals surface area contributed by atoms with Gasteiger partial charge in [0.1, 0.15) is 12.6 Å². The van der Waals surface area contributed by atoms with Crippen molar-refractivity contribution in [1.29, 1.82) is 0 Å². The van der Waals surface area contributed by atoms with Crippen molar-refractivity contribution >= 4 is 11.9 Å². The maximum Gasteiger partial charge on any atom is 0.326 e. The highest BCUT2D eigenvalue weighted by Crippen LogP contribution is 2.27. The van der Waals surface area contributed by atoms with Crippen LogP contribution in [0, 0.1) is 5.92 Å². The van der Waals surface area contributed by atoms with Crippen molar-refractivity contribution in [2.24, 2.45) is 5.92 Å². The monoisotopic (exact) mass is 399 g/mol. The normalized spacial score (nSPS) is 17.2. The number of amides is 1. The Balaban J connectivity index is 1.54. The van der Waals surface area contributed by atoms with Crippen molar-refractivity contribution in [2.75, 3.05) is 19.8 Å². The van der Waals surface area contributed by atoms with E-state index in [0.29, 0.717) is 37.7 Å². The van der Waals surface area contributed by atoms with Crippen molar-refractivity contribution in [3.63, 3.8) is 0 Å². The summed E-state index contributed by atoms with van der Waals surface area (Å²) in [5, 5.41) is 12.0. The Hall–Kier alpha value is -3.06. The summed E-state index contributed by atoms with van der Waals surface area (Å²) in [6, 6.07) is 15.8. The summed E-state index contributed by atoms with van der Waals surface area (Å²) in [4.78, 5) is 23.8. The molecule has 29 heavy (non-hydrogen) atoms. The van der Waals surface area contributed by atoms with Gasteiger partial charge in [-0.25, -0.2) is 4.79 Å². The van der Waals surface area contributed by atoms with Crippen LogP contribution in [-0.4, -0.2) is 42.8 Å². The molecule has 1 amide bonds. The number of ether oxygens (including phenoxy) is 3. The first kappa shape index (κ1) is 20.7.